The summed E-state index contributed by atoms with van der Waals surface area (Å²) in [6.45, 7) is 2.07. The van der Waals surface area contributed by atoms with Gasteiger partial charge in [-0.25, -0.2) is 0 Å². The molecule has 2 rings (SSSR count). The van der Waals surface area contributed by atoms with Gasteiger partial charge in [-0.1, -0.05) is 28.9 Å². The Kier molecular flexibility index (Phi) is 4.32. The molecule has 0 atom stereocenters. The number of carbonyl (C=O) groups excluding carboxylic acids is 1. The first-order valence-electron chi connectivity index (χ1n) is 6.12. The smallest absolute Gasteiger partial charge is 0.170 e. The summed E-state index contributed by atoms with van der Waals surface area (Å²) in [5, 5.41) is 0. The molecule has 0 fully saturated rings. The van der Waals surface area contributed by atoms with Crippen LogP contribution in [0.5, 0.6) is 0 Å². The molecule has 0 saturated heterocycles. The zero-order chi connectivity index (χ0) is 13.8. The van der Waals surface area contributed by atoms with Crippen LogP contribution in [0.4, 0.5) is 5.69 Å². The van der Waals surface area contributed by atoms with E-state index < -0.39 is 0 Å². The number of nitrogens with zero attached hydrogens (tertiary/aromatic N) is 1. The molecule has 0 amide bonds. The van der Waals surface area contributed by atoms with Gasteiger partial charge in [0.25, 0.3) is 0 Å². The first-order chi connectivity index (χ1) is 9.10. The predicted molar refractivity (Wildman–Crippen MR) is 80.2 cm³/mol. The molecule has 4 heteroatoms. The van der Waals surface area contributed by atoms with Crippen LogP contribution in [0.15, 0.2) is 41.0 Å². The second-order valence-corrected chi connectivity index (χ2v) is 5.26. The number of Topliss-reactive ketones (excluding diaryl/α,β-unsaturated/α-hetero) is 1. The topological polar surface area (TPSA) is 56.0 Å². The minimum absolute atomic E-state index is 0.0180. The SMILES string of the molecule is CCc1ccc(CC(=O)c2cc(Br)ccc2N)nc1. The van der Waals surface area contributed by atoms with Gasteiger partial charge in [0.15, 0.2) is 5.78 Å². The number of rotatable bonds is 4. The lowest BCUT2D eigenvalue weighted by molar-refractivity contribution is 0.0992. The number of halogens is 1. The average molecular weight is 319 g/mol. The molecule has 1 aromatic heterocycles. The molecule has 2 aromatic rings. The molecule has 0 bridgehead atoms. The lowest BCUT2D eigenvalue weighted by Crippen LogP contribution is -2.08. The number of hydrogen-bond acceptors (Lipinski definition) is 3. The van der Waals surface area contributed by atoms with Crippen molar-refractivity contribution in [2.75, 3.05) is 5.73 Å². The normalized spacial score (nSPS) is 10.4. The first-order valence-corrected chi connectivity index (χ1v) is 6.91. The Bertz CT molecular complexity index is 594. The number of ketones is 1. The summed E-state index contributed by atoms with van der Waals surface area (Å²) < 4.78 is 0.847. The van der Waals surface area contributed by atoms with Crippen LogP contribution >= 0.6 is 15.9 Å². The summed E-state index contributed by atoms with van der Waals surface area (Å²) in [6.07, 6.45) is 3.03. The van der Waals surface area contributed by atoms with Crippen molar-refractivity contribution in [3.8, 4) is 0 Å². The molecule has 19 heavy (non-hydrogen) atoms. The molecular weight excluding hydrogens is 304 g/mol. The van der Waals surface area contributed by atoms with E-state index in [0.29, 0.717) is 11.3 Å². The zero-order valence-electron chi connectivity index (χ0n) is 10.7. The number of benzene rings is 1. The largest absolute Gasteiger partial charge is 0.398 e. The highest BCUT2D eigenvalue weighted by Gasteiger charge is 2.11. The number of aromatic nitrogens is 1. The second kappa shape index (κ2) is 5.97. The summed E-state index contributed by atoms with van der Waals surface area (Å²) in [5.41, 5.74) is 8.79. The summed E-state index contributed by atoms with van der Waals surface area (Å²) >= 11 is 3.35. The molecule has 0 aliphatic heterocycles. The van der Waals surface area contributed by atoms with Crippen molar-refractivity contribution in [1.82, 2.24) is 4.98 Å². The van der Waals surface area contributed by atoms with Gasteiger partial charge in [-0.3, -0.25) is 9.78 Å². The van der Waals surface area contributed by atoms with Crippen LogP contribution < -0.4 is 5.73 Å². The molecule has 0 saturated carbocycles. The Morgan fingerprint density at radius 2 is 2.11 bits per heavy atom. The summed E-state index contributed by atoms with van der Waals surface area (Å²) in [6, 6.07) is 9.19. The predicted octanol–water partition coefficient (Wildman–Crippen LogP) is 3.41. The van der Waals surface area contributed by atoms with Crippen LogP contribution in [0.1, 0.15) is 28.5 Å². The lowest BCUT2D eigenvalue weighted by Gasteiger charge is -2.06. The van der Waals surface area contributed by atoms with Crippen molar-refractivity contribution in [3.63, 3.8) is 0 Å². The molecule has 0 aliphatic rings. The van der Waals surface area contributed by atoms with E-state index in [4.69, 9.17) is 5.73 Å². The van der Waals surface area contributed by atoms with E-state index in [0.717, 1.165) is 22.2 Å². The Morgan fingerprint density at radius 3 is 2.74 bits per heavy atom. The third-order valence-corrected chi connectivity index (χ3v) is 3.44. The van der Waals surface area contributed by atoms with Gasteiger partial charge in [0, 0.05) is 27.6 Å². The number of anilines is 1. The zero-order valence-corrected chi connectivity index (χ0v) is 12.3. The van der Waals surface area contributed by atoms with Crippen LogP contribution in [0.25, 0.3) is 0 Å². The fourth-order valence-electron chi connectivity index (χ4n) is 1.80. The van der Waals surface area contributed by atoms with Crippen LogP contribution in [-0.4, -0.2) is 10.8 Å². The van der Waals surface area contributed by atoms with Gasteiger partial charge in [0.05, 0.1) is 6.42 Å². The van der Waals surface area contributed by atoms with Gasteiger partial charge in [-0.2, -0.15) is 0 Å². The molecule has 0 spiro atoms. The van der Waals surface area contributed by atoms with E-state index in [9.17, 15) is 4.79 Å². The van der Waals surface area contributed by atoms with E-state index in [1.165, 1.54) is 0 Å². The molecule has 0 aliphatic carbocycles. The second-order valence-electron chi connectivity index (χ2n) is 4.34. The van der Waals surface area contributed by atoms with Gasteiger partial charge < -0.3 is 5.73 Å². The number of hydrogen-bond donors (Lipinski definition) is 1. The van der Waals surface area contributed by atoms with Crippen molar-refractivity contribution in [2.24, 2.45) is 0 Å². The molecule has 0 unspecified atom stereocenters. The van der Waals surface area contributed by atoms with Crippen LogP contribution in [0, 0.1) is 0 Å². The quantitative estimate of drug-likeness (QED) is 0.694. The minimum atomic E-state index is -0.0180. The molecule has 3 nitrogen and oxygen atoms in total. The Balaban J connectivity index is 2.18. The van der Waals surface area contributed by atoms with Crippen LogP contribution in [0.2, 0.25) is 0 Å². The van der Waals surface area contributed by atoms with Crippen LogP contribution in [0.3, 0.4) is 0 Å². The third-order valence-electron chi connectivity index (χ3n) is 2.95. The first kappa shape index (κ1) is 13.7. The van der Waals surface area contributed by atoms with E-state index >= 15 is 0 Å². The lowest BCUT2D eigenvalue weighted by atomic mass is 10.0. The Morgan fingerprint density at radius 1 is 1.32 bits per heavy atom. The maximum atomic E-state index is 12.2. The van der Waals surface area contributed by atoms with Gasteiger partial charge in [0.1, 0.15) is 0 Å². The van der Waals surface area contributed by atoms with Crippen molar-refractivity contribution >= 4 is 27.4 Å². The van der Waals surface area contributed by atoms with E-state index in [2.05, 4.69) is 27.8 Å². The molecular formula is C15H15BrN2O. The number of carbonyl (C=O) groups is 1. The van der Waals surface area contributed by atoms with E-state index in [-0.39, 0.29) is 12.2 Å². The molecule has 0 radical (unpaired) electrons. The fraction of sp³-hybridized carbons (Fsp3) is 0.200. The monoisotopic (exact) mass is 318 g/mol. The molecule has 1 aromatic carbocycles. The highest BCUT2D eigenvalue weighted by atomic mass is 79.9. The summed E-state index contributed by atoms with van der Waals surface area (Å²) in [7, 11) is 0. The van der Waals surface area contributed by atoms with Crippen molar-refractivity contribution in [1.29, 1.82) is 0 Å². The highest BCUT2D eigenvalue weighted by molar-refractivity contribution is 9.10. The average Bonchev–Trinajstić information content (AvgIpc) is 2.42. The standard InChI is InChI=1S/C15H15BrN2O/c1-2-10-3-5-12(18-9-10)8-15(19)13-7-11(16)4-6-14(13)17/h3-7,9H,2,8,17H2,1H3. The maximum Gasteiger partial charge on any atom is 0.170 e. The van der Waals surface area contributed by atoms with E-state index in [1.807, 2.05) is 24.4 Å². The Labute approximate surface area is 121 Å². The van der Waals surface area contributed by atoms with Crippen molar-refractivity contribution in [2.45, 2.75) is 19.8 Å². The third kappa shape index (κ3) is 3.41. The fourth-order valence-corrected chi connectivity index (χ4v) is 2.16. The van der Waals surface area contributed by atoms with Gasteiger partial charge in [0.2, 0.25) is 0 Å². The number of pyridine rings is 1. The maximum absolute atomic E-state index is 12.2. The van der Waals surface area contributed by atoms with Gasteiger partial charge in [-0.15, -0.1) is 0 Å². The van der Waals surface area contributed by atoms with Gasteiger partial charge >= 0.3 is 0 Å². The highest BCUT2D eigenvalue weighted by Crippen LogP contribution is 2.20. The van der Waals surface area contributed by atoms with Crippen molar-refractivity contribution < 1.29 is 4.79 Å². The van der Waals surface area contributed by atoms with Crippen LogP contribution in [-0.2, 0) is 12.8 Å². The number of nitrogen functional groups attached to an aromatic ring is 1. The van der Waals surface area contributed by atoms with E-state index in [1.54, 1.807) is 12.1 Å². The summed E-state index contributed by atoms with van der Waals surface area (Å²) in [4.78, 5) is 16.5. The molecule has 98 valence electrons. The number of nitrogens with two attached hydrogens (primary N) is 1. The number of aryl methyl sites for hydroxylation is 1. The molecule has 1 heterocycles. The molecule has 2 N–H and O–H groups in total. The Hall–Kier alpha value is -1.68. The van der Waals surface area contributed by atoms with Gasteiger partial charge in [-0.05, 0) is 36.2 Å². The minimum Gasteiger partial charge on any atom is -0.398 e. The van der Waals surface area contributed by atoms with Crippen molar-refractivity contribution in [3.05, 3.63) is 57.8 Å². The summed E-state index contributed by atoms with van der Waals surface area (Å²) in [5.74, 6) is -0.0180.